The van der Waals surface area contributed by atoms with Gasteiger partial charge in [-0.2, -0.15) is 4.98 Å². The van der Waals surface area contributed by atoms with Crippen LogP contribution in [0.2, 0.25) is 0 Å². The maximum atomic E-state index is 9.60. The molecule has 0 radical (unpaired) electrons. The molecule has 0 atom stereocenters. The van der Waals surface area contributed by atoms with E-state index in [0.717, 1.165) is 5.56 Å². The topological polar surface area (TPSA) is 79.8 Å². The van der Waals surface area contributed by atoms with Gasteiger partial charge in [0.15, 0.2) is 12.5 Å². The summed E-state index contributed by atoms with van der Waals surface area (Å²) in [4.78, 5) is 17.9. The second kappa shape index (κ2) is 12.1. The summed E-state index contributed by atoms with van der Waals surface area (Å²) in [7, 11) is 1.54. The van der Waals surface area contributed by atoms with Crippen molar-refractivity contribution in [1.29, 1.82) is 0 Å². The van der Waals surface area contributed by atoms with Crippen LogP contribution in [0.5, 0.6) is 11.6 Å². The third-order valence-electron chi connectivity index (χ3n) is 2.84. The maximum Gasteiger partial charge on any atom is 0.293 e. The minimum atomic E-state index is -0.318. The molecule has 0 aliphatic carbocycles. The van der Waals surface area contributed by atoms with Crippen molar-refractivity contribution in [3.8, 4) is 11.6 Å². The van der Waals surface area contributed by atoms with Crippen molar-refractivity contribution in [3.63, 3.8) is 0 Å². The lowest BCUT2D eigenvalue weighted by Crippen LogP contribution is -2.17. The molecule has 7 nitrogen and oxygen atoms in total. The molecule has 0 aliphatic heterocycles. The number of halogens is 1. The average molecular weight is 397 g/mol. The van der Waals surface area contributed by atoms with Crippen LogP contribution in [0.3, 0.4) is 0 Å². The quantitative estimate of drug-likeness (QED) is 0.382. The third-order valence-corrected chi connectivity index (χ3v) is 3.08. The molecular weight excluding hydrogens is 372 g/mol. The van der Waals surface area contributed by atoms with Gasteiger partial charge in [-0.15, -0.1) is 11.6 Å². The largest absolute Gasteiger partial charge is 0.482 e. The van der Waals surface area contributed by atoms with E-state index < -0.39 is 0 Å². The summed E-state index contributed by atoms with van der Waals surface area (Å²) in [6.07, 6.45) is 1.55. The first-order valence-corrected chi connectivity index (χ1v) is 8.75. The van der Waals surface area contributed by atoms with Gasteiger partial charge in [0.1, 0.15) is 18.0 Å². The van der Waals surface area contributed by atoms with E-state index in [1.165, 1.54) is 7.11 Å². The first kappa shape index (κ1) is 22.7. The first-order chi connectivity index (χ1) is 12.9. The monoisotopic (exact) mass is 396 g/mol. The van der Waals surface area contributed by atoms with Gasteiger partial charge in [0.05, 0.1) is 12.1 Å². The fourth-order valence-corrected chi connectivity index (χ4v) is 1.78. The second-order valence-electron chi connectivity index (χ2n) is 6.24. The molecule has 8 heteroatoms. The number of rotatable bonds is 8. The number of carbonyl (C=O) groups excluding carboxylic acids is 1. The zero-order valence-corrected chi connectivity index (χ0v) is 16.7. The Hall–Kier alpha value is -2.38. The van der Waals surface area contributed by atoms with Crippen molar-refractivity contribution in [1.82, 2.24) is 9.97 Å². The van der Waals surface area contributed by atoms with Crippen LogP contribution in [0.4, 0.5) is 0 Å². The molecule has 0 aliphatic rings. The first-order valence-electron chi connectivity index (χ1n) is 8.21. The van der Waals surface area contributed by atoms with Crippen LogP contribution in [-0.4, -0.2) is 35.9 Å². The average Bonchev–Trinajstić information content (AvgIpc) is 2.65. The Morgan fingerprint density at radius 3 is 2.37 bits per heavy atom. The number of nitrogens with zero attached hydrogens (tertiary/aromatic N) is 2. The molecule has 0 bridgehead atoms. The van der Waals surface area contributed by atoms with Crippen LogP contribution in [0.15, 0.2) is 36.5 Å². The summed E-state index contributed by atoms with van der Waals surface area (Å²) in [5.74, 6) is 1.47. The van der Waals surface area contributed by atoms with Gasteiger partial charge in [-0.1, -0.05) is 30.3 Å². The fraction of sp³-hybridized carbons (Fsp3) is 0.421. The van der Waals surface area contributed by atoms with E-state index in [9.17, 15) is 4.79 Å². The van der Waals surface area contributed by atoms with Gasteiger partial charge < -0.3 is 18.9 Å². The molecule has 1 heterocycles. The third kappa shape index (κ3) is 9.77. The predicted molar refractivity (Wildman–Crippen MR) is 102 cm³/mol. The Balaban J connectivity index is 0.000000445. The Morgan fingerprint density at radius 2 is 1.85 bits per heavy atom. The normalized spacial score (nSPS) is 10.4. The number of hydrogen-bond acceptors (Lipinski definition) is 7. The fourth-order valence-electron chi connectivity index (χ4n) is 1.65. The van der Waals surface area contributed by atoms with Gasteiger partial charge in [-0.05, 0) is 26.3 Å². The summed E-state index contributed by atoms with van der Waals surface area (Å²) in [6, 6.07) is 9.81. The lowest BCUT2D eigenvalue weighted by atomic mass is 10.2. The van der Waals surface area contributed by atoms with E-state index in [0.29, 0.717) is 30.5 Å². The van der Waals surface area contributed by atoms with Crippen LogP contribution in [0.1, 0.15) is 32.2 Å². The van der Waals surface area contributed by atoms with E-state index >= 15 is 0 Å². The summed E-state index contributed by atoms with van der Waals surface area (Å²) in [5.41, 5.74) is 0.730. The van der Waals surface area contributed by atoms with Gasteiger partial charge >= 0.3 is 0 Å². The molecule has 0 N–H and O–H groups in total. The molecule has 2 rings (SSSR count). The Kier molecular flexibility index (Phi) is 10.1. The van der Waals surface area contributed by atoms with Crippen molar-refractivity contribution >= 4 is 18.1 Å². The Morgan fingerprint density at radius 1 is 1.15 bits per heavy atom. The molecule has 148 valence electrons. The maximum absolute atomic E-state index is 9.60. The smallest absolute Gasteiger partial charge is 0.293 e. The van der Waals surface area contributed by atoms with E-state index in [-0.39, 0.29) is 18.3 Å². The minimum Gasteiger partial charge on any atom is -0.482 e. The molecule has 0 spiro atoms. The number of hydrogen-bond donors (Lipinski definition) is 0. The molecular formula is C19H25ClN2O5. The van der Waals surface area contributed by atoms with Crippen LogP contribution in [0, 0.1) is 0 Å². The Labute approximate surface area is 164 Å². The van der Waals surface area contributed by atoms with Crippen LogP contribution >= 0.6 is 11.6 Å². The van der Waals surface area contributed by atoms with Crippen molar-refractivity contribution in [2.45, 2.75) is 38.9 Å². The van der Waals surface area contributed by atoms with Gasteiger partial charge in [-0.3, -0.25) is 4.79 Å². The highest BCUT2D eigenvalue weighted by molar-refractivity contribution is 6.16. The zero-order chi connectivity index (χ0) is 20.1. The van der Waals surface area contributed by atoms with Gasteiger partial charge in [-0.25, -0.2) is 4.98 Å². The van der Waals surface area contributed by atoms with Crippen molar-refractivity contribution in [2.24, 2.45) is 0 Å². The summed E-state index contributed by atoms with van der Waals surface area (Å²) >= 11 is 5.71. The lowest BCUT2D eigenvalue weighted by Gasteiger charge is -2.14. The highest BCUT2D eigenvalue weighted by atomic mass is 35.5. The summed E-state index contributed by atoms with van der Waals surface area (Å²) in [6.45, 7) is 6.42. The van der Waals surface area contributed by atoms with E-state index in [1.807, 2.05) is 51.1 Å². The highest BCUT2D eigenvalue weighted by Gasteiger charge is 2.10. The van der Waals surface area contributed by atoms with Gasteiger partial charge in [0, 0.05) is 7.11 Å². The second-order valence-corrected chi connectivity index (χ2v) is 6.51. The SMILES string of the molecule is CC(C)(C)OC=O.COCOc1nc(CCl)ncc1OCc1ccccc1. The molecule has 0 saturated carbocycles. The van der Waals surface area contributed by atoms with Gasteiger partial charge in [0.25, 0.3) is 12.4 Å². The molecule has 0 unspecified atom stereocenters. The molecule has 2 aromatic rings. The molecule has 0 fully saturated rings. The number of benzene rings is 1. The van der Waals surface area contributed by atoms with Crippen LogP contribution < -0.4 is 9.47 Å². The van der Waals surface area contributed by atoms with E-state index in [1.54, 1.807) is 6.20 Å². The number of alkyl halides is 1. The summed E-state index contributed by atoms with van der Waals surface area (Å²) in [5, 5.41) is 0. The van der Waals surface area contributed by atoms with E-state index in [4.69, 9.17) is 25.8 Å². The number of ether oxygens (including phenoxy) is 4. The molecule has 1 aromatic carbocycles. The summed E-state index contributed by atoms with van der Waals surface area (Å²) < 4.78 is 20.4. The Bertz CT molecular complexity index is 678. The molecule has 27 heavy (non-hydrogen) atoms. The van der Waals surface area contributed by atoms with Crippen molar-refractivity contribution in [2.75, 3.05) is 13.9 Å². The van der Waals surface area contributed by atoms with Crippen molar-refractivity contribution in [3.05, 3.63) is 47.9 Å². The molecule has 1 aromatic heterocycles. The van der Waals surface area contributed by atoms with Crippen LogP contribution in [0.25, 0.3) is 0 Å². The van der Waals surface area contributed by atoms with Crippen molar-refractivity contribution < 1.29 is 23.7 Å². The zero-order valence-electron chi connectivity index (χ0n) is 16.0. The molecule has 0 saturated heterocycles. The minimum absolute atomic E-state index is 0.0838. The van der Waals surface area contributed by atoms with E-state index in [2.05, 4.69) is 14.7 Å². The van der Waals surface area contributed by atoms with Crippen LogP contribution in [-0.2, 0) is 26.8 Å². The van der Waals surface area contributed by atoms with Gasteiger partial charge in [0.2, 0.25) is 0 Å². The number of methoxy groups -OCH3 is 1. The molecule has 0 amide bonds. The standard InChI is InChI=1S/C14H15ClN2O3.C5H10O2/c1-18-10-20-14-12(8-16-13(7-15)17-14)19-9-11-5-3-2-4-6-11;1-5(2,3)7-4-6/h2-6,8H,7,9-10H2,1H3;4H,1-3H3. The predicted octanol–water partition coefficient (Wildman–Crippen LogP) is 3.74. The highest BCUT2D eigenvalue weighted by Crippen LogP contribution is 2.25. The number of aromatic nitrogens is 2. The lowest BCUT2D eigenvalue weighted by molar-refractivity contribution is -0.138. The number of carbonyl (C=O) groups is 1.